The van der Waals surface area contributed by atoms with Crippen LogP contribution in [0.1, 0.15) is 18.1 Å². The quantitative estimate of drug-likeness (QED) is 0.365. The minimum atomic E-state index is 0.816. The normalized spacial score (nSPS) is 11.1. The summed E-state index contributed by atoms with van der Waals surface area (Å²) in [5, 5.41) is 0. The summed E-state index contributed by atoms with van der Waals surface area (Å²) in [6, 6.07) is 32.1. The van der Waals surface area contributed by atoms with Crippen molar-refractivity contribution >= 4 is 11.8 Å². The van der Waals surface area contributed by atoms with Crippen molar-refractivity contribution in [1.29, 1.82) is 0 Å². The predicted molar refractivity (Wildman–Crippen MR) is 127 cm³/mol. The number of nitrogens with two attached hydrogens (primary N) is 1. The number of benzene rings is 4. The van der Waals surface area contributed by atoms with Crippen LogP contribution in [0.25, 0.3) is 39.5 Å². The molecule has 0 bridgehead atoms. The number of nitrogen functional groups attached to an aromatic ring is 1. The second kappa shape index (κ2) is 8.20. The molecule has 0 aliphatic heterocycles. The van der Waals surface area contributed by atoms with Crippen molar-refractivity contribution in [3.8, 4) is 33.4 Å². The van der Waals surface area contributed by atoms with Crippen LogP contribution in [0.5, 0.6) is 0 Å². The molecule has 0 aliphatic carbocycles. The largest absolute Gasteiger partial charge is 0.398 e. The van der Waals surface area contributed by atoms with Gasteiger partial charge in [-0.1, -0.05) is 109 Å². The van der Waals surface area contributed by atoms with E-state index >= 15 is 0 Å². The maximum Gasteiger partial charge on any atom is 0.0473 e. The van der Waals surface area contributed by atoms with Crippen LogP contribution in [0.3, 0.4) is 0 Å². The highest BCUT2D eigenvalue weighted by molar-refractivity contribution is 5.94. The van der Waals surface area contributed by atoms with E-state index in [-0.39, 0.29) is 0 Å². The Kier molecular flexibility index (Phi) is 5.31. The third kappa shape index (κ3) is 3.86. The summed E-state index contributed by atoms with van der Waals surface area (Å²) in [5.41, 5.74) is 16.7. The van der Waals surface area contributed by atoms with Crippen LogP contribution in [-0.4, -0.2) is 0 Å². The molecule has 4 rings (SSSR count). The van der Waals surface area contributed by atoms with Crippen LogP contribution in [0.2, 0.25) is 0 Å². The Hall–Kier alpha value is -3.58. The number of rotatable bonds is 4. The second-order valence-corrected chi connectivity index (χ2v) is 7.30. The molecule has 4 aromatic rings. The Balaban J connectivity index is 1.85. The topological polar surface area (TPSA) is 26.0 Å². The van der Waals surface area contributed by atoms with Gasteiger partial charge in [-0.3, -0.25) is 0 Å². The summed E-state index contributed by atoms with van der Waals surface area (Å²) >= 11 is 0. The summed E-state index contributed by atoms with van der Waals surface area (Å²) < 4.78 is 0. The molecule has 142 valence electrons. The first-order valence-electron chi connectivity index (χ1n) is 9.95. The van der Waals surface area contributed by atoms with Crippen molar-refractivity contribution in [1.82, 2.24) is 0 Å². The van der Waals surface area contributed by atoms with Gasteiger partial charge >= 0.3 is 0 Å². The van der Waals surface area contributed by atoms with E-state index in [1.807, 2.05) is 19.1 Å². The Morgan fingerprint density at radius 2 is 1.21 bits per heavy atom. The highest BCUT2D eigenvalue weighted by Crippen LogP contribution is 2.39. The number of aryl methyl sites for hydroxylation is 1. The van der Waals surface area contributed by atoms with Gasteiger partial charge in [-0.15, -0.1) is 0 Å². The zero-order valence-electron chi connectivity index (χ0n) is 16.9. The van der Waals surface area contributed by atoms with Gasteiger partial charge in [0.05, 0.1) is 0 Å². The molecule has 1 heteroatoms. The van der Waals surface area contributed by atoms with Crippen molar-refractivity contribution in [2.75, 3.05) is 5.73 Å². The van der Waals surface area contributed by atoms with E-state index in [2.05, 4.69) is 97.9 Å². The summed E-state index contributed by atoms with van der Waals surface area (Å²) in [4.78, 5) is 0. The molecule has 0 atom stereocenters. The number of hydrogen-bond acceptors (Lipinski definition) is 1. The summed E-state index contributed by atoms with van der Waals surface area (Å²) in [6.07, 6.45) is 4.09. The summed E-state index contributed by atoms with van der Waals surface area (Å²) in [6.45, 7) is 4.12. The lowest BCUT2D eigenvalue weighted by molar-refractivity contribution is 1.46. The van der Waals surface area contributed by atoms with Gasteiger partial charge < -0.3 is 5.73 Å². The van der Waals surface area contributed by atoms with Crippen molar-refractivity contribution < 1.29 is 0 Å². The fourth-order valence-corrected chi connectivity index (χ4v) is 3.71. The molecule has 4 aromatic carbocycles. The number of allylic oxidation sites excluding steroid dienone is 1. The average Bonchev–Trinajstić information content (AvgIpc) is 2.77. The molecule has 0 aliphatic rings. The number of hydrogen-bond donors (Lipinski definition) is 1. The van der Waals surface area contributed by atoms with Gasteiger partial charge in [0.15, 0.2) is 0 Å². The van der Waals surface area contributed by atoms with Crippen LogP contribution in [0.4, 0.5) is 5.69 Å². The van der Waals surface area contributed by atoms with Gasteiger partial charge in [-0.2, -0.15) is 0 Å². The predicted octanol–water partition coefficient (Wildman–Crippen LogP) is 7.61. The molecule has 0 unspecified atom stereocenters. The first-order valence-corrected chi connectivity index (χ1v) is 9.95. The third-order valence-corrected chi connectivity index (χ3v) is 5.27. The average molecular weight is 376 g/mol. The maximum atomic E-state index is 6.65. The van der Waals surface area contributed by atoms with Crippen LogP contribution in [0, 0.1) is 6.92 Å². The molecule has 0 saturated carbocycles. The van der Waals surface area contributed by atoms with Gasteiger partial charge in [0.1, 0.15) is 0 Å². The second-order valence-electron chi connectivity index (χ2n) is 7.30. The molecule has 29 heavy (non-hydrogen) atoms. The molecule has 0 heterocycles. The van der Waals surface area contributed by atoms with Crippen molar-refractivity contribution in [3.63, 3.8) is 0 Å². The van der Waals surface area contributed by atoms with Crippen molar-refractivity contribution in [3.05, 3.63) is 108 Å². The fourth-order valence-electron chi connectivity index (χ4n) is 3.71. The van der Waals surface area contributed by atoms with Crippen molar-refractivity contribution in [2.45, 2.75) is 13.8 Å². The minimum absolute atomic E-state index is 0.816. The van der Waals surface area contributed by atoms with Crippen LogP contribution < -0.4 is 5.73 Å². The molecule has 0 saturated heterocycles. The first kappa shape index (κ1) is 18.8. The van der Waals surface area contributed by atoms with Crippen molar-refractivity contribution in [2.24, 2.45) is 0 Å². The molecule has 2 N–H and O–H groups in total. The van der Waals surface area contributed by atoms with Crippen LogP contribution >= 0.6 is 0 Å². The zero-order valence-corrected chi connectivity index (χ0v) is 16.9. The standard InChI is InChI=1S/C28H25N/c1-3-7-25-18-19-26(27(28(25)29)24-12-10-20(2)11-13-24)23-16-14-22(15-17-23)21-8-5-4-6-9-21/h3-19H,29H2,1-2H3/b7-3-. The van der Waals surface area contributed by atoms with Gasteiger partial charge in [-0.25, -0.2) is 0 Å². The zero-order chi connectivity index (χ0) is 20.2. The third-order valence-electron chi connectivity index (χ3n) is 5.27. The molecule has 0 fully saturated rings. The molecule has 1 nitrogen and oxygen atoms in total. The fraction of sp³-hybridized carbons (Fsp3) is 0.0714. The lowest BCUT2D eigenvalue weighted by Crippen LogP contribution is -1.97. The van der Waals surface area contributed by atoms with E-state index in [0.29, 0.717) is 0 Å². The highest BCUT2D eigenvalue weighted by atomic mass is 14.6. The van der Waals surface area contributed by atoms with Gasteiger partial charge in [-0.05, 0) is 47.2 Å². The van der Waals surface area contributed by atoms with E-state index in [4.69, 9.17) is 5.73 Å². The lowest BCUT2D eigenvalue weighted by atomic mass is 9.90. The molecule has 0 amide bonds. The molecular weight excluding hydrogens is 350 g/mol. The number of anilines is 1. The van der Waals surface area contributed by atoms with E-state index in [1.54, 1.807) is 0 Å². The Morgan fingerprint density at radius 3 is 1.86 bits per heavy atom. The monoisotopic (exact) mass is 375 g/mol. The molecule has 0 radical (unpaired) electrons. The van der Waals surface area contributed by atoms with Gasteiger partial charge in [0.2, 0.25) is 0 Å². The lowest BCUT2D eigenvalue weighted by Gasteiger charge is -2.16. The molecule has 0 spiro atoms. The Morgan fingerprint density at radius 1 is 0.621 bits per heavy atom. The molecule has 0 aromatic heterocycles. The van der Waals surface area contributed by atoms with Crippen LogP contribution in [-0.2, 0) is 0 Å². The van der Waals surface area contributed by atoms with E-state index < -0.39 is 0 Å². The van der Waals surface area contributed by atoms with E-state index in [1.165, 1.54) is 22.3 Å². The summed E-state index contributed by atoms with van der Waals surface area (Å²) in [5.74, 6) is 0. The Labute approximate surface area is 173 Å². The smallest absolute Gasteiger partial charge is 0.0473 e. The highest BCUT2D eigenvalue weighted by Gasteiger charge is 2.14. The SMILES string of the molecule is C/C=C\c1ccc(-c2ccc(-c3ccccc3)cc2)c(-c2ccc(C)cc2)c1N. The van der Waals surface area contributed by atoms with E-state index in [0.717, 1.165) is 27.9 Å². The minimum Gasteiger partial charge on any atom is -0.398 e. The van der Waals surface area contributed by atoms with E-state index in [9.17, 15) is 0 Å². The molecular formula is C28H25N. The van der Waals surface area contributed by atoms with Gasteiger partial charge in [0, 0.05) is 11.3 Å². The first-order chi connectivity index (χ1) is 14.2. The van der Waals surface area contributed by atoms with Gasteiger partial charge in [0.25, 0.3) is 0 Å². The maximum absolute atomic E-state index is 6.65. The van der Waals surface area contributed by atoms with Crippen LogP contribution in [0.15, 0.2) is 97.1 Å². The Bertz CT molecular complexity index is 1140. The summed E-state index contributed by atoms with van der Waals surface area (Å²) in [7, 11) is 0.